The minimum absolute atomic E-state index is 0.767. The van der Waals surface area contributed by atoms with E-state index in [4.69, 9.17) is 11.6 Å². The van der Waals surface area contributed by atoms with Gasteiger partial charge in [-0.3, -0.25) is 0 Å². The molecule has 0 amide bonds. The SMILES string of the molecule is Cc1cccc(-c2c(C)c(C)n(C)c2-c2ccc(Cl)cc2)c1. The zero-order chi connectivity index (χ0) is 15.9. The first kappa shape index (κ1) is 14.9. The Hall–Kier alpha value is -1.99. The summed E-state index contributed by atoms with van der Waals surface area (Å²) in [6, 6.07) is 16.8. The van der Waals surface area contributed by atoms with Gasteiger partial charge in [-0.25, -0.2) is 0 Å². The van der Waals surface area contributed by atoms with E-state index in [-0.39, 0.29) is 0 Å². The maximum Gasteiger partial charge on any atom is 0.0562 e. The van der Waals surface area contributed by atoms with E-state index in [2.05, 4.69) is 68.8 Å². The molecule has 3 aromatic rings. The van der Waals surface area contributed by atoms with Crippen LogP contribution in [0.5, 0.6) is 0 Å². The zero-order valence-corrected chi connectivity index (χ0v) is 14.2. The van der Waals surface area contributed by atoms with Crippen LogP contribution in [0.25, 0.3) is 22.4 Å². The summed E-state index contributed by atoms with van der Waals surface area (Å²) in [5.41, 5.74) is 8.93. The van der Waals surface area contributed by atoms with Crippen LogP contribution in [-0.4, -0.2) is 4.57 Å². The van der Waals surface area contributed by atoms with Crippen LogP contribution in [0.2, 0.25) is 5.02 Å². The van der Waals surface area contributed by atoms with Crippen molar-refractivity contribution in [1.82, 2.24) is 4.57 Å². The smallest absolute Gasteiger partial charge is 0.0562 e. The lowest BCUT2D eigenvalue weighted by Crippen LogP contribution is -1.94. The topological polar surface area (TPSA) is 4.93 Å². The van der Waals surface area contributed by atoms with Crippen LogP contribution in [-0.2, 0) is 7.05 Å². The van der Waals surface area contributed by atoms with E-state index in [0.717, 1.165) is 5.02 Å². The summed E-state index contributed by atoms with van der Waals surface area (Å²) >= 11 is 6.05. The summed E-state index contributed by atoms with van der Waals surface area (Å²) in [7, 11) is 2.13. The van der Waals surface area contributed by atoms with Crippen molar-refractivity contribution in [3.8, 4) is 22.4 Å². The highest BCUT2D eigenvalue weighted by molar-refractivity contribution is 6.30. The summed E-state index contributed by atoms with van der Waals surface area (Å²) in [5.74, 6) is 0. The molecule has 2 aromatic carbocycles. The number of halogens is 1. The average molecular weight is 310 g/mol. The Labute approximate surface area is 137 Å². The van der Waals surface area contributed by atoms with Crippen molar-refractivity contribution in [2.75, 3.05) is 0 Å². The molecule has 0 atom stereocenters. The normalized spacial score (nSPS) is 11.0. The second-order valence-corrected chi connectivity index (χ2v) is 6.31. The Morgan fingerprint density at radius 2 is 1.55 bits per heavy atom. The molecular formula is C20H20ClN. The molecule has 0 fully saturated rings. The van der Waals surface area contributed by atoms with Crippen molar-refractivity contribution in [1.29, 1.82) is 0 Å². The van der Waals surface area contributed by atoms with Crippen LogP contribution in [0.15, 0.2) is 48.5 Å². The largest absolute Gasteiger partial charge is 0.347 e. The number of benzene rings is 2. The van der Waals surface area contributed by atoms with E-state index in [1.54, 1.807) is 0 Å². The lowest BCUT2D eigenvalue weighted by molar-refractivity contribution is 0.885. The zero-order valence-electron chi connectivity index (χ0n) is 13.4. The van der Waals surface area contributed by atoms with E-state index in [9.17, 15) is 0 Å². The predicted molar refractivity (Wildman–Crippen MR) is 95.5 cm³/mol. The molecule has 0 saturated carbocycles. The number of hydrogen-bond donors (Lipinski definition) is 0. The first-order valence-corrected chi connectivity index (χ1v) is 7.85. The van der Waals surface area contributed by atoms with Gasteiger partial charge in [0, 0.05) is 23.3 Å². The highest BCUT2D eigenvalue weighted by Gasteiger charge is 2.18. The lowest BCUT2D eigenvalue weighted by Gasteiger charge is -2.10. The summed E-state index contributed by atoms with van der Waals surface area (Å²) < 4.78 is 2.27. The summed E-state index contributed by atoms with van der Waals surface area (Å²) in [6.45, 7) is 6.51. The molecule has 0 saturated heterocycles. The predicted octanol–water partition coefficient (Wildman–Crippen LogP) is 5.94. The quantitative estimate of drug-likeness (QED) is 0.552. The van der Waals surface area contributed by atoms with Crippen molar-refractivity contribution >= 4 is 11.6 Å². The fourth-order valence-electron chi connectivity index (χ4n) is 3.05. The monoisotopic (exact) mass is 309 g/mol. The third kappa shape index (κ3) is 2.46. The molecule has 3 rings (SSSR count). The maximum absolute atomic E-state index is 6.05. The first-order chi connectivity index (χ1) is 10.5. The minimum Gasteiger partial charge on any atom is -0.347 e. The fraction of sp³-hybridized carbons (Fsp3) is 0.200. The number of aryl methyl sites for hydroxylation is 1. The van der Waals surface area contributed by atoms with Crippen molar-refractivity contribution in [2.24, 2.45) is 7.05 Å². The Balaban J connectivity index is 2.30. The summed E-state index contributed by atoms with van der Waals surface area (Å²) in [4.78, 5) is 0. The second-order valence-electron chi connectivity index (χ2n) is 5.87. The van der Waals surface area contributed by atoms with E-state index in [1.165, 1.54) is 39.2 Å². The number of hydrogen-bond acceptors (Lipinski definition) is 0. The Morgan fingerprint density at radius 1 is 0.864 bits per heavy atom. The van der Waals surface area contributed by atoms with Gasteiger partial charge in [0.05, 0.1) is 5.69 Å². The minimum atomic E-state index is 0.767. The average Bonchev–Trinajstić information content (AvgIpc) is 2.72. The molecule has 0 bridgehead atoms. The maximum atomic E-state index is 6.05. The van der Waals surface area contributed by atoms with Crippen LogP contribution >= 0.6 is 11.6 Å². The van der Waals surface area contributed by atoms with Gasteiger partial charge in [-0.2, -0.15) is 0 Å². The molecule has 2 heteroatoms. The van der Waals surface area contributed by atoms with Crippen molar-refractivity contribution in [2.45, 2.75) is 20.8 Å². The molecule has 0 aliphatic carbocycles. The third-order valence-electron chi connectivity index (χ3n) is 4.42. The Bertz CT molecular complexity index is 826. The van der Waals surface area contributed by atoms with E-state index in [0.29, 0.717) is 0 Å². The van der Waals surface area contributed by atoms with Gasteiger partial charge >= 0.3 is 0 Å². The standard InChI is InChI=1S/C20H20ClN/c1-13-6-5-7-17(12-13)19-14(2)15(3)22(4)20(19)16-8-10-18(21)11-9-16/h5-12H,1-4H3. The highest BCUT2D eigenvalue weighted by atomic mass is 35.5. The van der Waals surface area contributed by atoms with E-state index >= 15 is 0 Å². The molecule has 0 unspecified atom stereocenters. The third-order valence-corrected chi connectivity index (χ3v) is 4.67. The molecule has 0 aliphatic rings. The molecule has 0 spiro atoms. The van der Waals surface area contributed by atoms with Crippen LogP contribution in [0.1, 0.15) is 16.8 Å². The van der Waals surface area contributed by atoms with Crippen LogP contribution in [0.4, 0.5) is 0 Å². The van der Waals surface area contributed by atoms with Gasteiger partial charge in [-0.05, 0) is 49.6 Å². The van der Waals surface area contributed by atoms with Crippen molar-refractivity contribution in [3.63, 3.8) is 0 Å². The fourth-order valence-corrected chi connectivity index (χ4v) is 3.17. The molecule has 22 heavy (non-hydrogen) atoms. The molecule has 1 aromatic heterocycles. The van der Waals surface area contributed by atoms with Crippen LogP contribution in [0.3, 0.4) is 0 Å². The number of rotatable bonds is 2. The van der Waals surface area contributed by atoms with E-state index in [1.807, 2.05) is 12.1 Å². The van der Waals surface area contributed by atoms with Gasteiger partial charge < -0.3 is 4.57 Å². The van der Waals surface area contributed by atoms with Crippen molar-refractivity contribution < 1.29 is 0 Å². The van der Waals surface area contributed by atoms with E-state index < -0.39 is 0 Å². The molecule has 1 heterocycles. The van der Waals surface area contributed by atoms with Gasteiger partial charge in [-0.15, -0.1) is 0 Å². The molecule has 0 aliphatic heterocycles. The van der Waals surface area contributed by atoms with Crippen molar-refractivity contribution in [3.05, 3.63) is 70.4 Å². The highest BCUT2D eigenvalue weighted by Crippen LogP contribution is 2.38. The molecule has 0 N–H and O–H groups in total. The first-order valence-electron chi connectivity index (χ1n) is 7.48. The molecule has 112 valence electrons. The van der Waals surface area contributed by atoms with Gasteiger partial charge in [-0.1, -0.05) is 53.6 Å². The Kier molecular flexibility index (Phi) is 3.84. The van der Waals surface area contributed by atoms with Gasteiger partial charge in [0.15, 0.2) is 0 Å². The number of aromatic nitrogens is 1. The van der Waals surface area contributed by atoms with Gasteiger partial charge in [0.1, 0.15) is 0 Å². The molecule has 0 radical (unpaired) electrons. The summed E-state index contributed by atoms with van der Waals surface area (Å²) in [5, 5.41) is 0.767. The molecular weight excluding hydrogens is 290 g/mol. The van der Waals surface area contributed by atoms with Crippen LogP contribution in [0, 0.1) is 20.8 Å². The van der Waals surface area contributed by atoms with Gasteiger partial charge in [0.25, 0.3) is 0 Å². The second kappa shape index (κ2) is 5.66. The lowest BCUT2D eigenvalue weighted by atomic mass is 9.96. The number of nitrogens with zero attached hydrogens (tertiary/aromatic N) is 1. The Morgan fingerprint density at radius 3 is 2.18 bits per heavy atom. The van der Waals surface area contributed by atoms with Crippen LogP contribution < -0.4 is 0 Å². The molecule has 1 nitrogen and oxygen atoms in total. The summed E-state index contributed by atoms with van der Waals surface area (Å²) in [6.07, 6.45) is 0. The van der Waals surface area contributed by atoms with Gasteiger partial charge in [0.2, 0.25) is 0 Å².